The largest absolute Gasteiger partial charge is 0.372 e. The summed E-state index contributed by atoms with van der Waals surface area (Å²) in [7, 11) is 0. The van der Waals surface area contributed by atoms with Crippen LogP contribution in [0.25, 0.3) is 27.8 Å². The first-order valence-corrected chi connectivity index (χ1v) is 10.1. The number of carbonyl (C=O) groups excluding carboxylic acids is 1. The van der Waals surface area contributed by atoms with Gasteiger partial charge in [0, 0.05) is 24.7 Å². The van der Waals surface area contributed by atoms with Crippen LogP contribution < -0.4 is 5.56 Å². The van der Waals surface area contributed by atoms with E-state index in [1.54, 1.807) is 15.7 Å². The molecule has 2 atom stereocenters. The van der Waals surface area contributed by atoms with Crippen molar-refractivity contribution in [2.75, 3.05) is 13.1 Å². The van der Waals surface area contributed by atoms with Crippen molar-refractivity contribution in [3.8, 4) is 16.9 Å². The molecule has 7 nitrogen and oxygen atoms in total. The molecule has 1 saturated heterocycles. The van der Waals surface area contributed by atoms with Crippen LogP contribution in [0, 0.1) is 0 Å². The summed E-state index contributed by atoms with van der Waals surface area (Å²) in [6.45, 7) is 4.94. The van der Waals surface area contributed by atoms with Gasteiger partial charge in [-0.15, -0.1) is 0 Å². The summed E-state index contributed by atoms with van der Waals surface area (Å²) in [6.07, 6.45) is 1.55. The van der Waals surface area contributed by atoms with E-state index in [-0.39, 0.29) is 23.8 Å². The van der Waals surface area contributed by atoms with E-state index in [1.165, 1.54) is 4.68 Å². The number of carbonyl (C=O) groups is 1. The van der Waals surface area contributed by atoms with E-state index in [0.717, 1.165) is 10.9 Å². The fourth-order valence-electron chi connectivity index (χ4n) is 4.20. The molecular formula is C23H22N4O3. The van der Waals surface area contributed by atoms with Crippen LogP contribution in [0.15, 0.2) is 65.6 Å². The Morgan fingerprint density at radius 2 is 1.67 bits per heavy atom. The minimum absolute atomic E-state index is 0.0378. The van der Waals surface area contributed by atoms with Crippen LogP contribution in [0.5, 0.6) is 0 Å². The number of ether oxygens (including phenoxy) is 1. The zero-order valence-corrected chi connectivity index (χ0v) is 16.9. The normalized spacial score (nSPS) is 19.5. The summed E-state index contributed by atoms with van der Waals surface area (Å²) < 4.78 is 8.73. The van der Waals surface area contributed by atoms with Gasteiger partial charge in [0.2, 0.25) is 0 Å². The van der Waals surface area contributed by atoms with Crippen LogP contribution in [0.3, 0.4) is 0 Å². The molecule has 3 heterocycles. The molecule has 3 aliphatic rings. The molecule has 0 aromatic heterocycles. The second kappa shape index (κ2) is 7.11. The van der Waals surface area contributed by atoms with Crippen molar-refractivity contribution in [2.24, 2.45) is 0 Å². The molecular weight excluding hydrogens is 380 g/mol. The second-order valence-corrected chi connectivity index (χ2v) is 7.78. The minimum Gasteiger partial charge on any atom is -0.372 e. The molecule has 3 aliphatic heterocycles. The van der Waals surface area contributed by atoms with Crippen molar-refractivity contribution in [3.63, 3.8) is 0 Å². The Balaban J connectivity index is 1.71. The highest BCUT2D eigenvalue weighted by Crippen LogP contribution is 2.28. The number of nitrogens with zero attached hydrogens (tertiary/aromatic N) is 4. The average molecular weight is 402 g/mol. The van der Waals surface area contributed by atoms with E-state index in [1.807, 2.05) is 68.4 Å². The lowest BCUT2D eigenvalue weighted by Gasteiger charge is -2.35. The van der Waals surface area contributed by atoms with Crippen molar-refractivity contribution in [3.05, 3.63) is 71.1 Å². The van der Waals surface area contributed by atoms with Crippen molar-refractivity contribution in [1.29, 1.82) is 0 Å². The van der Waals surface area contributed by atoms with Crippen molar-refractivity contribution >= 4 is 16.9 Å². The third-order valence-electron chi connectivity index (χ3n) is 5.45. The van der Waals surface area contributed by atoms with Gasteiger partial charge in [-0.05, 0) is 32.0 Å². The number of amides is 1. The molecule has 0 saturated carbocycles. The van der Waals surface area contributed by atoms with E-state index in [9.17, 15) is 9.59 Å². The van der Waals surface area contributed by atoms with E-state index in [0.29, 0.717) is 30.0 Å². The molecule has 0 N–H and O–H groups in total. The standard InChI is InChI=1S/C23H22N4O3/c1-15-12-25(13-16(2)30-15)23(29)26-14-19-21(18-10-6-7-11-20(18)26)24-27(22(19)28)17-8-4-3-5-9-17/h3-11,14-16H,12-13H2,1-2H3. The Bertz CT molecular complexity index is 1250. The highest BCUT2D eigenvalue weighted by Gasteiger charge is 2.29. The summed E-state index contributed by atoms with van der Waals surface area (Å²) >= 11 is 0. The molecule has 2 aromatic rings. The maximum absolute atomic E-state index is 13.4. The van der Waals surface area contributed by atoms with Crippen LogP contribution in [0.1, 0.15) is 13.8 Å². The predicted octanol–water partition coefficient (Wildman–Crippen LogP) is 3.37. The predicted molar refractivity (Wildman–Crippen MR) is 114 cm³/mol. The van der Waals surface area contributed by atoms with Crippen LogP contribution in [-0.2, 0) is 4.74 Å². The lowest BCUT2D eigenvalue weighted by atomic mass is 10.1. The van der Waals surface area contributed by atoms with Gasteiger partial charge in [0.25, 0.3) is 5.56 Å². The topological polar surface area (TPSA) is 69.4 Å². The molecule has 1 fully saturated rings. The molecule has 152 valence electrons. The van der Waals surface area contributed by atoms with Crippen LogP contribution in [0.4, 0.5) is 4.79 Å². The maximum Gasteiger partial charge on any atom is 0.328 e. The van der Waals surface area contributed by atoms with Gasteiger partial charge in [-0.3, -0.25) is 9.36 Å². The minimum atomic E-state index is -0.243. The molecule has 0 radical (unpaired) electrons. The van der Waals surface area contributed by atoms with Crippen LogP contribution >= 0.6 is 0 Å². The van der Waals surface area contributed by atoms with Crippen molar-refractivity contribution in [2.45, 2.75) is 26.1 Å². The molecule has 30 heavy (non-hydrogen) atoms. The summed E-state index contributed by atoms with van der Waals surface area (Å²) in [4.78, 5) is 28.4. The fraction of sp³-hybridized carbons (Fsp3) is 0.261. The zero-order chi connectivity index (χ0) is 20.8. The number of fused-ring (bicyclic) bond motifs is 3. The molecule has 0 bridgehead atoms. The number of pyridine rings is 1. The highest BCUT2D eigenvalue weighted by atomic mass is 16.5. The van der Waals surface area contributed by atoms with E-state index in [2.05, 4.69) is 5.10 Å². The summed E-state index contributed by atoms with van der Waals surface area (Å²) in [6, 6.07) is 16.7. The van der Waals surface area contributed by atoms with Gasteiger partial charge in [0.1, 0.15) is 5.69 Å². The third kappa shape index (κ3) is 2.98. The molecule has 7 heteroatoms. The lowest BCUT2D eigenvalue weighted by Crippen LogP contribution is -2.49. The zero-order valence-electron chi connectivity index (χ0n) is 16.9. The van der Waals surface area contributed by atoms with E-state index >= 15 is 0 Å². The Hall–Kier alpha value is -3.45. The van der Waals surface area contributed by atoms with Gasteiger partial charge in [-0.25, -0.2) is 4.79 Å². The van der Waals surface area contributed by atoms with Gasteiger partial charge in [-0.1, -0.05) is 36.4 Å². The monoisotopic (exact) mass is 402 g/mol. The highest BCUT2D eigenvalue weighted by molar-refractivity contribution is 5.99. The van der Waals surface area contributed by atoms with Gasteiger partial charge in [-0.2, -0.15) is 9.78 Å². The summed E-state index contributed by atoms with van der Waals surface area (Å²) in [5.41, 5.74) is 2.18. The number of morpholine rings is 1. The average Bonchev–Trinajstić information content (AvgIpc) is 3.09. The number of benzene rings is 2. The maximum atomic E-state index is 13.4. The lowest BCUT2D eigenvalue weighted by molar-refractivity contribution is -0.0543. The van der Waals surface area contributed by atoms with Gasteiger partial charge >= 0.3 is 6.03 Å². The van der Waals surface area contributed by atoms with Crippen molar-refractivity contribution < 1.29 is 9.53 Å². The first-order valence-electron chi connectivity index (χ1n) is 10.1. The Morgan fingerprint density at radius 1 is 1.00 bits per heavy atom. The quantitative estimate of drug-likeness (QED) is 0.490. The Labute approximate surface area is 173 Å². The number of hydrogen-bond acceptors (Lipinski definition) is 4. The summed E-state index contributed by atoms with van der Waals surface area (Å²) in [5.74, 6) is 0. The third-order valence-corrected chi connectivity index (χ3v) is 5.45. The van der Waals surface area contributed by atoms with E-state index < -0.39 is 0 Å². The van der Waals surface area contributed by atoms with E-state index in [4.69, 9.17) is 4.74 Å². The Morgan fingerprint density at radius 3 is 2.40 bits per heavy atom. The van der Waals surface area contributed by atoms with Gasteiger partial charge < -0.3 is 9.64 Å². The van der Waals surface area contributed by atoms with Crippen molar-refractivity contribution in [1.82, 2.24) is 19.2 Å². The smallest absolute Gasteiger partial charge is 0.328 e. The SMILES string of the molecule is CC1CN(C(=O)n2cc3c(=O)n(-c4ccccc4)nc-3c3ccccc32)CC(C)O1. The number of rotatable bonds is 1. The Kier molecular flexibility index (Phi) is 4.40. The summed E-state index contributed by atoms with van der Waals surface area (Å²) in [5, 5.41) is 5.36. The number of hydrogen-bond donors (Lipinski definition) is 0. The first-order chi connectivity index (χ1) is 14.5. The van der Waals surface area contributed by atoms with Crippen LogP contribution in [-0.4, -0.2) is 50.6 Å². The molecule has 5 rings (SSSR count). The molecule has 1 amide bonds. The van der Waals surface area contributed by atoms with Gasteiger partial charge in [0.15, 0.2) is 0 Å². The number of aromatic nitrogens is 3. The first kappa shape index (κ1) is 18.6. The van der Waals surface area contributed by atoms with Crippen LogP contribution in [0.2, 0.25) is 0 Å². The number of para-hydroxylation sites is 2. The second-order valence-electron chi connectivity index (χ2n) is 7.78. The molecule has 0 aliphatic carbocycles. The molecule has 0 spiro atoms. The fourth-order valence-corrected chi connectivity index (χ4v) is 4.20. The van der Waals surface area contributed by atoms with Gasteiger partial charge in [0.05, 0.1) is 29.0 Å². The molecule has 2 aromatic carbocycles. The molecule has 2 unspecified atom stereocenters.